The van der Waals surface area contributed by atoms with Crippen LogP contribution >= 0.6 is 11.6 Å². The number of fused-ring (bicyclic) bond motifs is 2. The van der Waals surface area contributed by atoms with Crippen LogP contribution in [-0.4, -0.2) is 19.5 Å². The van der Waals surface area contributed by atoms with Gasteiger partial charge in [0.25, 0.3) is 5.56 Å². The number of nitrogens with zero attached hydrogens (tertiary/aromatic N) is 3. The number of nitrogens with one attached hydrogen (secondary N) is 2. The smallest absolute Gasteiger partial charge is 0.264 e. The number of benzene rings is 4. The van der Waals surface area contributed by atoms with Gasteiger partial charge in [0, 0.05) is 34.5 Å². The molecule has 222 valence electrons. The van der Waals surface area contributed by atoms with Crippen molar-refractivity contribution in [2.45, 2.75) is 13.0 Å². The number of hydrogen-bond acceptors (Lipinski definition) is 5. The minimum Gasteiger partial charge on any atom is -0.361 e. The van der Waals surface area contributed by atoms with Gasteiger partial charge in [-0.25, -0.2) is 9.97 Å². The molecule has 3 aromatic heterocycles. The van der Waals surface area contributed by atoms with E-state index in [2.05, 4.69) is 44.2 Å². The Morgan fingerprint density at radius 1 is 0.783 bits per heavy atom. The number of H-pyrrole nitrogens is 1. The number of halogens is 1. The molecule has 0 aliphatic carbocycles. The first-order chi connectivity index (χ1) is 22.5. The van der Waals surface area contributed by atoms with E-state index in [1.165, 1.54) is 12.4 Å². The van der Waals surface area contributed by atoms with Crippen molar-refractivity contribution < 1.29 is 0 Å². The fraction of sp³-hybridized carbons (Fsp3) is 0.0526. The lowest BCUT2D eigenvalue weighted by Gasteiger charge is -2.23. The van der Waals surface area contributed by atoms with Crippen molar-refractivity contribution in [1.29, 1.82) is 0 Å². The Bertz CT molecular complexity index is 2400. The second-order valence-electron chi connectivity index (χ2n) is 10.8. The van der Waals surface area contributed by atoms with Crippen molar-refractivity contribution in [3.63, 3.8) is 0 Å². The summed E-state index contributed by atoms with van der Waals surface area (Å²) in [5.74, 6) is 6.80. The van der Waals surface area contributed by atoms with Crippen molar-refractivity contribution in [2.24, 2.45) is 0 Å². The van der Waals surface area contributed by atoms with Gasteiger partial charge >= 0.3 is 0 Å². The third-order valence-corrected chi connectivity index (χ3v) is 8.24. The highest BCUT2D eigenvalue weighted by molar-refractivity contribution is 6.36. The van der Waals surface area contributed by atoms with E-state index in [0.717, 1.165) is 16.7 Å². The highest BCUT2D eigenvalue weighted by Gasteiger charge is 2.24. The van der Waals surface area contributed by atoms with Crippen LogP contribution in [0.4, 0.5) is 5.82 Å². The minimum absolute atomic E-state index is 0.230. The normalized spacial score (nSPS) is 11.6. The second kappa shape index (κ2) is 12.2. The zero-order valence-corrected chi connectivity index (χ0v) is 25.4. The van der Waals surface area contributed by atoms with Crippen LogP contribution in [0.2, 0.25) is 5.02 Å². The van der Waals surface area contributed by atoms with E-state index in [4.69, 9.17) is 11.6 Å². The zero-order valence-electron chi connectivity index (χ0n) is 24.7. The SMILES string of the molecule is C[C@H](Nc1ncnc2[nH]ccc(=O)c12)c1c(Cl)c2cccc(C#Cc3ccc(-c4ccccc4)cc3)c2c(=O)n1-c1ccccc1. The van der Waals surface area contributed by atoms with E-state index in [9.17, 15) is 9.59 Å². The Kier molecular flexibility index (Phi) is 7.63. The number of rotatable bonds is 5. The zero-order chi connectivity index (χ0) is 31.6. The number of hydrogen-bond donors (Lipinski definition) is 2. The Morgan fingerprint density at radius 3 is 2.26 bits per heavy atom. The summed E-state index contributed by atoms with van der Waals surface area (Å²) in [4.78, 5) is 38.8. The van der Waals surface area contributed by atoms with Crippen LogP contribution in [0.1, 0.15) is 29.8 Å². The molecule has 0 saturated carbocycles. The Balaban J connectivity index is 1.36. The van der Waals surface area contributed by atoms with Crippen molar-refractivity contribution in [3.05, 3.63) is 164 Å². The van der Waals surface area contributed by atoms with Crippen molar-refractivity contribution >= 4 is 39.2 Å². The molecule has 0 radical (unpaired) electrons. The van der Waals surface area contributed by atoms with Crippen LogP contribution in [0.3, 0.4) is 0 Å². The quantitative estimate of drug-likeness (QED) is 0.195. The summed E-state index contributed by atoms with van der Waals surface area (Å²) < 4.78 is 1.61. The largest absolute Gasteiger partial charge is 0.361 e. The number of aromatic nitrogens is 4. The summed E-state index contributed by atoms with van der Waals surface area (Å²) in [5.41, 5.74) is 4.70. The van der Waals surface area contributed by atoms with Gasteiger partial charge in [0.05, 0.1) is 22.1 Å². The molecule has 7 nitrogen and oxygen atoms in total. The Morgan fingerprint density at radius 2 is 1.50 bits per heavy atom. The summed E-state index contributed by atoms with van der Waals surface area (Å²) in [5, 5.41) is 5.03. The molecule has 0 aliphatic heterocycles. The van der Waals surface area contributed by atoms with E-state index in [0.29, 0.717) is 49.6 Å². The van der Waals surface area contributed by atoms with Crippen LogP contribution in [0.5, 0.6) is 0 Å². The molecule has 8 heteroatoms. The summed E-state index contributed by atoms with van der Waals surface area (Å²) in [6.45, 7) is 1.87. The molecule has 0 spiro atoms. The average Bonchev–Trinajstić information content (AvgIpc) is 3.09. The maximum Gasteiger partial charge on any atom is 0.264 e. The first-order valence-electron chi connectivity index (χ1n) is 14.7. The molecule has 7 aromatic rings. The second-order valence-corrected chi connectivity index (χ2v) is 11.1. The molecule has 0 aliphatic rings. The van der Waals surface area contributed by atoms with Gasteiger partial charge in [-0.2, -0.15) is 0 Å². The lowest BCUT2D eigenvalue weighted by atomic mass is 10.0. The maximum atomic E-state index is 14.5. The summed E-state index contributed by atoms with van der Waals surface area (Å²) >= 11 is 7.20. The summed E-state index contributed by atoms with van der Waals surface area (Å²) in [7, 11) is 0. The van der Waals surface area contributed by atoms with E-state index in [1.807, 2.05) is 97.9 Å². The molecule has 0 saturated heterocycles. The first-order valence-corrected chi connectivity index (χ1v) is 15.1. The molecule has 0 unspecified atom stereocenters. The molecule has 0 bridgehead atoms. The van der Waals surface area contributed by atoms with Crippen LogP contribution in [-0.2, 0) is 0 Å². The molecule has 4 aromatic carbocycles. The molecule has 0 amide bonds. The first kappa shape index (κ1) is 28.8. The van der Waals surface area contributed by atoms with Gasteiger partial charge in [-0.3, -0.25) is 14.2 Å². The van der Waals surface area contributed by atoms with Gasteiger partial charge in [0.2, 0.25) is 0 Å². The molecule has 46 heavy (non-hydrogen) atoms. The van der Waals surface area contributed by atoms with Crippen molar-refractivity contribution in [1.82, 2.24) is 19.5 Å². The lowest BCUT2D eigenvalue weighted by molar-refractivity contribution is 0.774. The van der Waals surface area contributed by atoms with Gasteiger partial charge in [-0.05, 0) is 48.4 Å². The summed E-state index contributed by atoms with van der Waals surface area (Å²) in [6, 6.07) is 33.9. The van der Waals surface area contributed by atoms with Gasteiger partial charge in [-0.15, -0.1) is 0 Å². The van der Waals surface area contributed by atoms with Crippen molar-refractivity contribution in [2.75, 3.05) is 5.32 Å². The average molecular weight is 620 g/mol. The molecule has 1 atom stereocenters. The Labute approximate surface area is 269 Å². The highest BCUT2D eigenvalue weighted by atomic mass is 35.5. The van der Waals surface area contributed by atoms with Crippen LogP contribution in [0, 0.1) is 11.8 Å². The fourth-order valence-corrected chi connectivity index (χ4v) is 6.06. The van der Waals surface area contributed by atoms with Crippen LogP contribution in [0.25, 0.3) is 38.6 Å². The standard InChI is InChI=1S/C38H26ClN5O2/c1-24(43-37-33-31(45)21-22-40-36(33)41-23-42-37)35-34(39)30-14-8-11-28(32(30)38(46)44(35)29-12-6-3-7-13-29)20-17-25-15-18-27(19-16-25)26-9-4-2-5-10-26/h2-16,18-19,21-24H,1H3,(H2,40,41,42,43,45)/t24-/m0/s1. The maximum absolute atomic E-state index is 14.5. The predicted octanol–water partition coefficient (Wildman–Crippen LogP) is 7.52. The molecular formula is C38H26ClN5O2. The molecule has 3 heterocycles. The van der Waals surface area contributed by atoms with Crippen LogP contribution < -0.4 is 16.3 Å². The number of pyridine rings is 2. The number of anilines is 1. The summed E-state index contributed by atoms with van der Waals surface area (Å²) in [6.07, 6.45) is 2.91. The van der Waals surface area contributed by atoms with E-state index in [-0.39, 0.29) is 11.0 Å². The fourth-order valence-electron chi connectivity index (χ4n) is 5.65. The van der Waals surface area contributed by atoms with Crippen LogP contribution in [0.15, 0.2) is 131 Å². The van der Waals surface area contributed by atoms with Gasteiger partial charge in [-0.1, -0.05) is 96.2 Å². The predicted molar refractivity (Wildman–Crippen MR) is 185 cm³/mol. The molecular weight excluding hydrogens is 594 g/mol. The number of aromatic amines is 1. The number of para-hydroxylation sites is 1. The monoisotopic (exact) mass is 619 g/mol. The third kappa shape index (κ3) is 5.32. The lowest BCUT2D eigenvalue weighted by Crippen LogP contribution is -2.27. The van der Waals surface area contributed by atoms with Crippen molar-refractivity contribution in [3.8, 4) is 28.7 Å². The van der Waals surface area contributed by atoms with Gasteiger partial charge in [0.1, 0.15) is 23.2 Å². The topological polar surface area (TPSA) is 92.7 Å². The highest BCUT2D eigenvalue weighted by Crippen LogP contribution is 2.34. The van der Waals surface area contributed by atoms with E-state index >= 15 is 0 Å². The third-order valence-electron chi connectivity index (χ3n) is 7.84. The van der Waals surface area contributed by atoms with E-state index in [1.54, 1.807) is 10.8 Å². The molecule has 7 rings (SSSR count). The van der Waals surface area contributed by atoms with E-state index < -0.39 is 6.04 Å². The molecule has 2 N–H and O–H groups in total. The molecule has 0 fully saturated rings. The Hall–Kier alpha value is -5.97. The van der Waals surface area contributed by atoms with Gasteiger partial charge in [0.15, 0.2) is 5.43 Å². The minimum atomic E-state index is -0.541. The van der Waals surface area contributed by atoms with Gasteiger partial charge < -0.3 is 10.3 Å².